The minimum Gasteiger partial charge on any atom is -0.480 e. The normalized spacial score (nSPS) is 11.6. The second-order valence-electron chi connectivity index (χ2n) is 4.85. The lowest BCUT2D eigenvalue weighted by Gasteiger charge is -2.14. The fourth-order valence-corrected chi connectivity index (χ4v) is 2.38. The minimum absolute atomic E-state index is 0.0698. The van der Waals surface area contributed by atoms with Gasteiger partial charge in [0.25, 0.3) is 5.69 Å². The molecule has 126 valence electrons. The van der Waals surface area contributed by atoms with Gasteiger partial charge in [-0.25, -0.2) is 4.79 Å². The van der Waals surface area contributed by atoms with Crippen molar-refractivity contribution < 1.29 is 19.2 Å². The monoisotopic (exact) mass is 369 g/mol. The molecule has 2 aromatic carbocycles. The molecular formula is C16H13Cl2NO5. The number of hydrogen-bond acceptors (Lipinski definition) is 5. The van der Waals surface area contributed by atoms with Gasteiger partial charge >= 0.3 is 5.97 Å². The van der Waals surface area contributed by atoms with Crippen LogP contribution in [-0.2, 0) is 9.53 Å². The first-order chi connectivity index (χ1) is 11.4. The van der Waals surface area contributed by atoms with Crippen LogP contribution in [0, 0.1) is 10.1 Å². The average Bonchev–Trinajstić information content (AvgIpc) is 2.54. The number of hydrogen-bond donors (Lipinski definition) is 0. The Morgan fingerprint density at radius 2 is 2.00 bits per heavy atom. The maximum atomic E-state index is 11.8. The molecule has 0 unspecified atom stereocenters. The van der Waals surface area contributed by atoms with Gasteiger partial charge in [-0.05, 0) is 30.7 Å². The van der Waals surface area contributed by atoms with Gasteiger partial charge in [-0.3, -0.25) is 10.1 Å². The number of nitrogens with zero attached hydrogens (tertiary/aromatic N) is 1. The number of benzene rings is 2. The number of halogens is 2. The van der Waals surface area contributed by atoms with Gasteiger partial charge in [0.1, 0.15) is 11.9 Å². The number of nitro groups is 1. The molecule has 0 aliphatic carbocycles. The molecule has 0 saturated carbocycles. The maximum absolute atomic E-state index is 11.8. The van der Waals surface area contributed by atoms with Crippen LogP contribution in [0.4, 0.5) is 5.69 Å². The predicted molar refractivity (Wildman–Crippen MR) is 89.6 cm³/mol. The quantitative estimate of drug-likeness (QED) is 0.422. The molecule has 0 radical (unpaired) electrons. The topological polar surface area (TPSA) is 78.7 Å². The molecule has 0 heterocycles. The van der Waals surface area contributed by atoms with Crippen molar-refractivity contribution in [2.75, 3.05) is 6.61 Å². The molecule has 2 aromatic rings. The molecule has 24 heavy (non-hydrogen) atoms. The Labute approximate surface area is 148 Å². The van der Waals surface area contributed by atoms with Gasteiger partial charge in [0.2, 0.25) is 0 Å². The first-order valence-electron chi connectivity index (χ1n) is 6.88. The lowest BCUT2D eigenvalue weighted by atomic mass is 10.1. The third-order valence-electron chi connectivity index (χ3n) is 3.10. The van der Waals surface area contributed by atoms with Gasteiger partial charge in [-0.15, -0.1) is 0 Å². The number of carbonyl (C=O) groups excluding carboxylic acids is 1. The van der Waals surface area contributed by atoms with Crippen LogP contribution in [0.1, 0.15) is 18.6 Å². The molecule has 2 rings (SSSR count). The Kier molecular flexibility index (Phi) is 6.00. The minimum atomic E-state index is -0.651. The van der Waals surface area contributed by atoms with Crippen molar-refractivity contribution in [3.63, 3.8) is 0 Å². The van der Waals surface area contributed by atoms with Crippen molar-refractivity contribution in [2.24, 2.45) is 0 Å². The summed E-state index contributed by atoms with van der Waals surface area (Å²) in [6, 6.07) is 10.5. The zero-order chi connectivity index (χ0) is 17.7. The van der Waals surface area contributed by atoms with Crippen LogP contribution >= 0.6 is 23.2 Å². The summed E-state index contributed by atoms with van der Waals surface area (Å²) in [6.45, 7) is 1.27. The fourth-order valence-electron chi connectivity index (χ4n) is 1.92. The van der Waals surface area contributed by atoms with E-state index in [9.17, 15) is 14.9 Å². The number of carbonyl (C=O) groups is 1. The van der Waals surface area contributed by atoms with Crippen LogP contribution in [-0.4, -0.2) is 17.5 Å². The summed E-state index contributed by atoms with van der Waals surface area (Å²) < 4.78 is 10.5. The van der Waals surface area contributed by atoms with Crippen LogP contribution in [0.25, 0.3) is 0 Å². The van der Waals surface area contributed by atoms with E-state index in [1.165, 1.54) is 24.3 Å². The highest BCUT2D eigenvalue weighted by molar-refractivity contribution is 6.35. The first-order valence-corrected chi connectivity index (χ1v) is 7.64. The summed E-state index contributed by atoms with van der Waals surface area (Å²) in [5.74, 6) is -0.318. The SMILES string of the molecule is C[C@@H](OC(=O)COc1ccc(Cl)cc1Cl)c1cccc([N+](=O)[O-])c1. The molecular weight excluding hydrogens is 357 g/mol. The summed E-state index contributed by atoms with van der Waals surface area (Å²) in [5.41, 5.74) is 0.446. The first kappa shape index (κ1) is 18.0. The van der Waals surface area contributed by atoms with E-state index >= 15 is 0 Å². The smallest absolute Gasteiger partial charge is 0.344 e. The van der Waals surface area contributed by atoms with Crippen molar-refractivity contribution in [3.05, 3.63) is 68.2 Å². The van der Waals surface area contributed by atoms with E-state index in [2.05, 4.69) is 0 Å². The number of esters is 1. The number of rotatable bonds is 6. The lowest BCUT2D eigenvalue weighted by Crippen LogP contribution is -2.17. The number of ether oxygens (including phenoxy) is 2. The van der Waals surface area contributed by atoms with Gasteiger partial charge in [0.15, 0.2) is 6.61 Å². The van der Waals surface area contributed by atoms with E-state index in [-0.39, 0.29) is 17.3 Å². The second-order valence-corrected chi connectivity index (χ2v) is 5.69. The van der Waals surface area contributed by atoms with Crippen molar-refractivity contribution in [2.45, 2.75) is 13.0 Å². The highest BCUT2D eigenvalue weighted by Gasteiger charge is 2.16. The van der Waals surface area contributed by atoms with Crippen molar-refractivity contribution in [1.29, 1.82) is 0 Å². The van der Waals surface area contributed by atoms with Gasteiger partial charge in [0, 0.05) is 17.2 Å². The van der Waals surface area contributed by atoms with E-state index in [4.69, 9.17) is 32.7 Å². The second kappa shape index (κ2) is 7.99. The summed E-state index contributed by atoms with van der Waals surface area (Å²) in [7, 11) is 0. The summed E-state index contributed by atoms with van der Waals surface area (Å²) in [5, 5.41) is 11.5. The van der Waals surface area contributed by atoms with Crippen molar-refractivity contribution in [1.82, 2.24) is 0 Å². The Morgan fingerprint density at radius 3 is 2.67 bits per heavy atom. The molecule has 0 bridgehead atoms. The van der Waals surface area contributed by atoms with Crippen LogP contribution in [0.15, 0.2) is 42.5 Å². The summed E-state index contributed by atoms with van der Waals surface area (Å²) in [4.78, 5) is 22.1. The Hall–Kier alpha value is -2.31. The van der Waals surface area contributed by atoms with Crippen LogP contribution < -0.4 is 4.74 Å². The zero-order valence-electron chi connectivity index (χ0n) is 12.6. The van der Waals surface area contributed by atoms with E-state index in [0.717, 1.165) is 0 Å². The third kappa shape index (κ3) is 4.84. The molecule has 0 aliphatic rings. The maximum Gasteiger partial charge on any atom is 0.344 e. The highest BCUT2D eigenvalue weighted by Crippen LogP contribution is 2.27. The van der Waals surface area contributed by atoms with Crippen molar-refractivity contribution in [3.8, 4) is 5.75 Å². The van der Waals surface area contributed by atoms with Gasteiger partial charge in [-0.2, -0.15) is 0 Å². The molecule has 0 spiro atoms. The number of non-ortho nitro benzene ring substituents is 1. The molecule has 0 amide bonds. The zero-order valence-corrected chi connectivity index (χ0v) is 14.1. The summed E-state index contributed by atoms with van der Waals surface area (Å²) >= 11 is 11.7. The largest absolute Gasteiger partial charge is 0.480 e. The van der Waals surface area contributed by atoms with E-state index in [0.29, 0.717) is 16.3 Å². The molecule has 0 saturated heterocycles. The summed E-state index contributed by atoms with van der Waals surface area (Å²) in [6.07, 6.45) is -0.651. The molecule has 0 aromatic heterocycles. The average molecular weight is 370 g/mol. The van der Waals surface area contributed by atoms with E-state index < -0.39 is 17.0 Å². The molecule has 1 atom stereocenters. The fraction of sp³-hybridized carbons (Fsp3) is 0.188. The molecule has 0 aliphatic heterocycles. The third-order valence-corrected chi connectivity index (χ3v) is 3.63. The lowest BCUT2D eigenvalue weighted by molar-refractivity contribution is -0.385. The Bertz CT molecular complexity index is 766. The van der Waals surface area contributed by atoms with E-state index in [1.807, 2.05) is 0 Å². The van der Waals surface area contributed by atoms with Crippen molar-refractivity contribution >= 4 is 34.9 Å². The standard InChI is InChI=1S/C16H13Cl2NO5/c1-10(11-3-2-4-13(7-11)19(21)22)24-16(20)9-23-15-6-5-12(17)8-14(15)18/h2-8,10H,9H2,1H3/t10-/m1/s1. The van der Waals surface area contributed by atoms with Crippen LogP contribution in [0.2, 0.25) is 10.0 Å². The predicted octanol–water partition coefficient (Wildman–Crippen LogP) is 4.58. The highest BCUT2D eigenvalue weighted by atomic mass is 35.5. The van der Waals surface area contributed by atoms with Crippen LogP contribution in [0.5, 0.6) is 5.75 Å². The van der Waals surface area contributed by atoms with E-state index in [1.54, 1.807) is 25.1 Å². The molecule has 8 heteroatoms. The van der Waals surface area contributed by atoms with Gasteiger partial charge in [0.05, 0.1) is 9.95 Å². The van der Waals surface area contributed by atoms with Gasteiger partial charge in [-0.1, -0.05) is 35.3 Å². The van der Waals surface area contributed by atoms with Gasteiger partial charge < -0.3 is 9.47 Å². The number of nitro benzene ring substituents is 1. The molecule has 0 fully saturated rings. The molecule has 0 N–H and O–H groups in total. The molecule has 6 nitrogen and oxygen atoms in total. The van der Waals surface area contributed by atoms with Crippen LogP contribution in [0.3, 0.4) is 0 Å². The Balaban J connectivity index is 1.94. The Morgan fingerprint density at radius 1 is 1.25 bits per heavy atom.